The van der Waals surface area contributed by atoms with Gasteiger partial charge in [-0.1, -0.05) is 30.9 Å². The standard InChI is InChI=1S/C54H60F2N10O4/c1-4-38-41(55)11-9-36-27-34(2)28-39(46(36)38)48-47(56)49-40(30-57-48)50(65-19-7-5-6-8-20-65)60-52(59-49)70-33-54(17-18-54)32-63-25-23-62(24-26-63)31-35-15-21-64(22-16-35)37-10-12-42-44(29-37)61(3)53(69)66(42)43-13-14-45(67)58-51(43)68/h1,9-12,27-30,35,43H,5-8,13-26,31-33H2,2-3H3,(H,58,67,68). The van der Waals surface area contributed by atoms with Crippen molar-refractivity contribution in [3.8, 4) is 29.6 Å². The third-order valence-electron chi connectivity index (χ3n) is 15.7. The van der Waals surface area contributed by atoms with Gasteiger partial charge < -0.3 is 24.3 Å². The van der Waals surface area contributed by atoms with Crippen LogP contribution in [0, 0.1) is 42.2 Å². The van der Waals surface area contributed by atoms with Gasteiger partial charge in [0.05, 0.1) is 28.6 Å². The molecule has 0 spiro atoms. The van der Waals surface area contributed by atoms with Crippen molar-refractivity contribution >= 4 is 56.0 Å². The molecule has 1 atom stereocenters. The van der Waals surface area contributed by atoms with Crippen molar-refractivity contribution in [1.29, 1.82) is 0 Å². The first-order chi connectivity index (χ1) is 34.0. The molecule has 70 heavy (non-hydrogen) atoms. The number of aryl methyl sites for hydroxylation is 2. The van der Waals surface area contributed by atoms with E-state index in [2.05, 4.69) is 41.9 Å². The lowest BCUT2D eigenvalue weighted by atomic mass is 9.94. The maximum absolute atomic E-state index is 17.1. The lowest BCUT2D eigenvalue weighted by Gasteiger charge is -2.40. The number of fused-ring (bicyclic) bond motifs is 3. The largest absolute Gasteiger partial charge is 0.463 e. The van der Waals surface area contributed by atoms with E-state index in [1.54, 1.807) is 29.9 Å². The Morgan fingerprint density at radius 3 is 2.34 bits per heavy atom. The molecule has 5 fully saturated rings. The molecule has 0 radical (unpaired) electrons. The number of carbonyl (C=O) groups is 2. The normalized spacial score (nSPS) is 20.5. The van der Waals surface area contributed by atoms with E-state index >= 15 is 8.78 Å². The van der Waals surface area contributed by atoms with Crippen LogP contribution < -0.4 is 25.5 Å². The summed E-state index contributed by atoms with van der Waals surface area (Å²) in [6, 6.07) is 12.2. The number of piperazine rings is 1. The van der Waals surface area contributed by atoms with E-state index in [1.165, 1.54) is 10.6 Å². The molecule has 7 heterocycles. The van der Waals surface area contributed by atoms with Gasteiger partial charge in [-0.15, -0.1) is 6.42 Å². The number of imide groups is 1. The molecule has 4 saturated heterocycles. The van der Waals surface area contributed by atoms with Gasteiger partial charge in [-0.25, -0.2) is 13.6 Å². The predicted molar refractivity (Wildman–Crippen MR) is 267 cm³/mol. The van der Waals surface area contributed by atoms with Crippen molar-refractivity contribution in [3.05, 3.63) is 81.9 Å². The first-order valence-corrected chi connectivity index (χ1v) is 25.1. The zero-order valence-electron chi connectivity index (χ0n) is 40.1. The molecule has 3 aromatic carbocycles. The highest BCUT2D eigenvalue weighted by atomic mass is 19.1. The minimum absolute atomic E-state index is 0.0168. The number of halogens is 2. The number of aromatic nitrogens is 5. The molecule has 1 saturated carbocycles. The van der Waals surface area contributed by atoms with E-state index in [0.29, 0.717) is 52.0 Å². The van der Waals surface area contributed by atoms with E-state index in [-0.39, 0.29) is 46.2 Å². The van der Waals surface area contributed by atoms with Gasteiger partial charge in [0.1, 0.15) is 28.9 Å². The van der Waals surface area contributed by atoms with Crippen LogP contribution >= 0.6 is 0 Å². The Morgan fingerprint density at radius 2 is 1.61 bits per heavy atom. The zero-order valence-corrected chi connectivity index (χ0v) is 40.1. The van der Waals surface area contributed by atoms with Crippen LogP contribution in [0.25, 0.3) is 44.0 Å². The summed E-state index contributed by atoms with van der Waals surface area (Å²) in [4.78, 5) is 62.0. The van der Waals surface area contributed by atoms with Gasteiger partial charge >= 0.3 is 11.7 Å². The summed E-state index contributed by atoms with van der Waals surface area (Å²) in [5.41, 5.74) is 3.84. The molecule has 16 heteroatoms. The molecule has 364 valence electrons. The summed E-state index contributed by atoms with van der Waals surface area (Å²) in [5, 5.41) is 4.06. The van der Waals surface area contributed by atoms with Crippen LogP contribution in [0.3, 0.4) is 0 Å². The number of benzene rings is 3. The number of terminal acetylenes is 1. The zero-order chi connectivity index (χ0) is 48.3. The van der Waals surface area contributed by atoms with Crippen LogP contribution in [0.15, 0.2) is 53.5 Å². The molecule has 2 amide bonds. The summed E-state index contributed by atoms with van der Waals surface area (Å²) >= 11 is 0. The predicted octanol–water partition coefficient (Wildman–Crippen LogP) is 7.12. The van der Waals surface area contributed by atoms with Crippen LogP contribution in [-0.4, -0.2) is 118 Å². The number of nitrogens with one attached hydrogen (secondary N) is 1. The number of hydrogen-bond donors (Lipinski definition) is 1. The van der Waals surface area contributed by atoms with Crippen molar-refractivity contribution in [2.45, 2.75) is 77.2 Å². The van der Waals surface area contributed by atoms with Crippen LogP contribution in [0.4, 0.5) is 20.3 Å². The van der Waals surface area contributed by atoms with E-state index in [4.69, 9.17) is 21.1 Å². The molecule has 3 aromatic heterocycles. The number of nitrogens with zero attached hydrogens (tertiary/aromatic N) is 9. The van der Waals surface area contributed by atoms with Gasteiger partial charge in [0.25, 0.3) is 0 Å². The number of carbonyl (C=O) groups excluding carboxylic acids is 2. The van der Waals surface area contributed by atoms with Crippen LogP contribution in [0.2, 0.25) is 0 Å². The highest BCUT2D eigenvalue weighted by Gasteiger charge is 2.45. The molecule has 5 aliphatic rings. The minimum Gasteiger partial charge on any atom is -0.463 e. The van der Waals surface area contributed by atoms with Gasteiger partial charge in [0.15, 0.2) is 5.82 Å². The van der Waals surface area contributed by atoms with Gasteiger partial charge in [-0.05, 0) is 99.1 Å². The van der Waals surface area contributed by atoms with Crippen molar-refractivity contribution in [2.75, 3.05) is 81.9 Å². The lowest BCUT2D eigenvalue weighted by molar-refractivity contribution is -0.135. The second kappa shape index (κ2) is 18.7. The third-order valence-corrected chi connectivity index (χ3v) is 15.7. The van der Waals surface area contributed by atoms with Crippen molar-refractivity contribution in [3.63, 3.8) is 0 Å². The number of hydrogen-bond acceptors (Lipinski definition) is 11. The molecule has 6 aromatic rings. The number of imidazole rings is 1. The first kappa shape index (κ1) is 46.0. The van der Waals surface area contributed by atoms with E-state index in [0.717, 1.165) is 134 Å². The molecular formula is C54H60F2N10O4. The molecule has 1 aliphatic carbocycles. The van der Waals surface area contributed by atoms with Crippen LogP contribution in [-0.2, 0) is 16.6 Å². The highest BCUT2D eigenvalue weighted by molar-refractivity contribution is 6.03. The molecule has 11 rings (SSSR count). The van der Waals surface area contributed by atoms with Gasteiger partial charge in [0, 0.05) is 107 Å². The number of ether oxygens (including phenoxy) is 1. The number of anilines is 2. The van der Waals surface area contributed by atoms with E-state index < -0.39 is 23.6 Å². The average molecular weight is 951 g/mol. The number of piperidine rings is 2. The summed E-state index contributed by atoms with van der Waals surface area (Å²) in [6.45, 7) is 11.8. The average Bonchev–Trinajstić information content (AvgIpc) is 4.14. The van der Waals surface area contributed by atoms with E-state index in [1.807, 2.05) is 25.1 Å². The molecular weight excluding hydrogens is 891 g/mol. The molecule has 1 unspecified atom stereocenters. The number of pyridine rings is 1. The Kier molecular flexibility index (Phi) is 12.3. The van der Waals surface area contributed by atoms with Crippen molar-refractivity contribution in [1.82, 2.24) is 39.2 Å². The molecule has 4 aliphatic heterocycles. The van der Waals surface area contributed by atoms with Gasteiger partial charge in [-0.3, -0.25) is 29.0 Å². The SMILES string of the molecule is C#Cc1c(F)ccc2cc(C)cc(-c3ncc4c(N5CCCCCC5)nc(OCC5(CN6CCN(CC7CCN(c8ccc9c(c8)n(C)c(=O)n9C8CCC(=O)NC8=O)CC7)CC6)CC5)nc4c3F)c12. The summed E-state index contributed by atoms with van der Waals surface area (Å²) < 4.78 is 41.9. The maximum atomic E-state index is 17.1. The second-order valence-corrected chi connectivity index (χ2v) is 20.5. The second-order valence-electron chi connectivity index (χ2n) is 20.5. The Bertz CT molecular complexity index is 3130. The van der Waals surface area contributed by atoms with Crippen LogP contribution in [0.5, 0.6) is 6.01 Å². The quantitative estimate of drug-likeness (QED) is 0.105. The monoisotopic (exact) mass is 950 g/mol. The fraction of sp³-hybridized carbons (Fsp3) is 0.481. The Morgan fingerprint density at radius 1 is 0.857 bits per heavy atom. The van der Waals surface area contributed by atoms with Crippen molar-refractivity contribution < 1.29 is 23.1 Å². The third kappa shape index (κ3) is 8.76. The topological polar surface area (TPSA) is 134 Å². The fourth-order valence-corrected chi connectivity index (χ4v) is 11.6. The number of amides is 2. The fourth-order valence-electron chi connectivity index (χ4n) is 11.6. The van der Waals surface area contributed by atoms with Gasteiger partial charge in [0.2, 0.25) is 11.8 Å². The first-order valence-electron chi connectivity index (χ1n) is 25.1. The Balaban J connectivity index is 0.729. The Hall–Kier alpha value is -6.44. The summed E-state index contributed by atoms with van der Waals surface area (Å²) in [6.07, 6.45) is 16.5. The molecule has 0 bridgehead atoms. The highest BCUT2D eigenvalue weighted by Crippen LogP contribution is 2.47. The minimum atomic E-state index is -0.698. The number of rotatable bonds is 11. The summed E-state index contributed by atoms with van der Waals surface area (Å²) in [7, 11) is 1.74. The summed E-state index contributed by atoms with van der Waals surface area (Å²) in [5.74, 6) is 1.84. The van der Waals surface area contributed by atoms with E-state index in [9.17, 15) is 14.4 Å². The molecule has 14 nitrogen and oxygen atoms in total. The molecule has 1 N–H and O–H groups in total. The maximum Gasteiger partial charge on any atom is 0.329 e. The lowest BCUT2D eigenvalue weighted by Crippen LogP contribution is -2.50. The van der Waals surface area contributed by atoms with Crippen LogP contribution in [0.1, 0.15) is 81.4 Å². The van der Waals surface area contributed by atoms with Gasteiger partial charge in [-0.2, -0.15) is 9.97 Å². The smallest absolute Gasteiger partial charge is 0.329 e. The Labute approximate surface area is 406 Å². The van der Waals surface area contributed by atoms with Crippen molar-refractivity contribution in [2.24, 2.45) is 18.4 Å².